The second-order valence-electron chi connectivity index (χ2n) is 10.2. The number of fused-ring (bicyclic) bond motifs is 1. The molecule has 0 spiro atoms. The first-order valence-electron chi connectivity index (χ1n) is 12.5. The molecule has 1 aromatic heterocycles. The van der Waals surface area contributed by atoms with Crippen molar-refractivity contribution in [3.63, 3.8) is 0 Å². The van der Waals surface area contributed by atoms with Gasteiger partial charge in [-0.2, -0.15) is 0 Å². The SMILES string of the molecule is CN(C)c1cccc2c1N(Cc1ccccn1)C(=O)C(NC(=O)[C@H](NC(=O)C(C)(C)N)c1ccccc1)C2. The molecular formula is C29H34N6O3. The van der Waals surface area contributed by atoms with E-state index in [0.29, 0.717) is 12.0 Å². The zero-order chi connectivity index (χ0) is 27.4. The number of nitrogens with one attached hydrogen (secondary N) is 2. The van der Waals surface area contributed by atoms with Gasteiger partial charge in [-0.1, -0.05) is 48.5 Å². The van der Waals surface area contributed by atoms with Crippen LogP contribution in [-0.4, -0.2) is 48.4 Å². The molecule has 1 aliphatic heterocycles. The van der Waals surface area contributed by atoms with E-state index >= 15 is 0 Å². The number of hydrogen-bond donors (Lipinski definition) is 3. The Labute approximate surface area is 223 Å². The van der Waals surface area contributed by atoms with Crippen molar-refractivity contribution in [1.29, 1.82) is 0 Å². The van der Waals surface area contributed by atoms with Gasteiger partial charge in [0.05, 0.1) is 29.2 Å². The van der Waals surface area contributed by atoms with Gasteiger partial charge < -0.3 is 26.2 Å². The van der Waals surface area contributed by atoms with Crippen molar-refractivity contribution in [2.75, 3.05) is 23.9 Å². The molecule has 0 aliphatic carbocycles. The van der Waals surface area contributed by atoms with Crippen molar-refractivity contribution >= 4 is 29.1 Å². The number of pyridine rings is 1. The summed E-state index contributed by atoms with van der Waals surface area (Å²) in [5.41, 5.74) is 8.75. The molecule has 3 amide bonds. The van der Waals surface area contributed by atoms with Crippen LogP contribution in [0, 0.1) is 0 Å². The molecule has 0 radical (unpaired) electrons. The van der Waals surface area contributed by atoms with Gasteiger partial charge in [-0.15, -0.1) is 0 Å². The van der Waals surface area contributed by atoms with E-state index in [2.05, 4.69) is 15.6 Å². The van der Waals surface area contributed by atoms with Crippen molar-refractivity contribution in [3.8, 4) is 0 Å². The fraction of sp³-hybridized carbons (Fsp3) is 0.310. The Bertz CT molecular complexity index is 1300. The van der Waals surface area contributed by atoms with Crippen molar-refractivity contribution in [2.45, 2.75) is 44.4 Å². The van der Waals surface area contributed by atoms with E-state index < -0.39 is 29.4 Å². The molecule has 0 fully saturated rings. The van der Waals surface area contributed by atoms with Crippen molar-refractivity contribution < 1.29 is 14.4 Å². The lowest BCUT2D eigenvalue weighted by Gasteiger charge is -2.37. The lowest BCUT2D eigenvalue weighted by molar-refractivity contribution is -0.133. The van der Waals surface area contributed by atoms with Crippen LogP contribution >= 0.6 is 0 Å². The molecule has 2 atom stereocenters. The first-order valence-corrected chi connectivity index (χ1v) is 12.5. The van der Waals surface area contributed by atoms with Gasteiger partial charge in [0.2, 0.25) is 17.7 Å². The minimum absolute atomic E-state index is 0.247. The van der Waals surface area contributed by atoms with Crippen molar-refractivity contribution in [2.24, 2.45) is 5.73 Å². The zero-order valence-corrected chi connectivity index (χ0v) is 22.1. The molecule has 198 valence electrons. The number of nitrogens with two attached hydrogens (primary N) is 1. The molecule has 4 N–H and O–H groups in total. The van der Waals surface area contributed by atoms with Crippen molar-refractivity contribution in [3.05, 3.63) is 89.7 Å². The summed E-state index contributed by atoms with van der Waals surface area (Å²) in [6, 6.07) is 18.5. The van der Waals surface area contributed by atoms with Crippen LogP contribution in [0.1, 0.15) is 36.7 Å². The molecular weight excluding hydrogens is 480 g/mol. The van der Waals surface area contributed by atoms with Crippen LogP contribution in [0.25, 0.3) is 0 Å². The van der Waals surface area contributed by atoms with Crippen LogP contribution in [0.5, 0.6) is 0 Å². The number of anilines is 2. The summed E-state index contributed by atoms with van der Waals surface area (Å²) in [6.45, 7) is 3.40. The Hall–Kier alpha value is -4.24. The predicted octanol–water partition coefficient (Wildman–Crippen LogP) is 2.32. The summed E-state index contributed by atoms with van der Waals surface area (Å²) in [4.78, 5) is 48.3. The summed E-state index contributed by atoms with van der Waals surface area (Å²) < 4.78 is 0. The van der Waals surface area contributed by atoms with Crippen molar-refractivity contribution in [1.82, 2.24) is 15.6 Å². The topological polar surface area (TPSA) is 121 Å². The summed E-state index contributed by atoms with van der Waals surface area (Å²) in [5.74, 6) is -1.21. The number of rotatable bonds is 8. The summed E-state index contributed by atoms with van der Waals surface area (Å²) in [5, 5.41) is 5.66. The molecule has 0 saturated heterocycles. The molecule has 1 unspecified atom stereocenters. The highest BCUT2D eigenvalue weighted by Gasteiger charge is 2.38. The Morgan fingerprint density at radius 3 is 2.42 bits per heavy atom. The van der Waals surface area contributed by atoms with Crippen LogP contribution in [-0.2, 0) is 27.3 Å². The monoisotopic (exact) mass is 514 g/mol. The maximum atomic E-state index is 13.9. The number of amides is 3. The van der Waals surface area contributed by atoms with E-state index in [1.165, 1.54) is 0 Å². The summed E-state index contributed by atoms with van der Waals surface area (Å²) >= 11 is 0. The Morgan fingerprint density at radius 2 is 1.79 bits per heavy atom. The third-order valence-electron chi connectivity index (χ3n) is 6.46. The normalized spacial score (nSPS) is 15.9. The lowest BCUT2D eigenvalue weighted by atomic mass is 9.94. The number of para-hydroxylation sites is 1. The predicted molar refractivity (Wildman–Crippen MR) is 147 cm³/mol. The maximum absolute atomic E-state index is 13.9. The lowest BCUT2D eigenvalue weighted by Crippen LogP contribution is -2.57. The van der Waals surface area contributed by atoms with E-state index in [1.807, 2.05) is 61.5 Å². The number of carbonyl (C=O) groups is 3. The average Bonchev–Trinajstić information content (AvgIpc) is 2.89. The second-order valence-corrected chi connectivity index (χ2v) is 10.2. The largest absolute Gasteiger partial charge is 0.376 e. The quantitative estimate of drug-likeness (QED) is 0.424. The number of benzene rings is 2. The van der Waals surface area contributed by atoms with Crippen LogP contribution in [0.3, 0.4) is 0 Å². The van der Waals surface area contributed by atoms with Gasteiger partial charge in [0, 0.05) is 26.7 Å². The fourth-order valence-electron chi connectivity index (χ4n) is 4.46. The van der Waals surface area contributed by atoms with E-state index in [1.54, 1.807) is 49.2 Å². The van der Waals surface area contributed by atoms with E-state index in [4.69, 9.17) is 5.73 Å². The Morgan fingerprint density at radius 1 is 1.08 bits per heavy atom. The first-order chi connectivity index (χ1) is 18.1. The Kier molecular flexibility index (Phi) is 7.78. The minimum atomic E-state index is -1.19. The van der Waals surface area contributed by atoms with Crippen LogP contribution in [0.15, 0.2) is 72.9 Å². The van der Waals surface area contributed by atoms with E-state index in [-0.39, 0.29) is 12.5 Å². The van der Waals surface area contributed by atoms with Gasteiger partial charge >= 0.3 is 0 Å². The smallest absolute Gasteiger partial charge is 0.250 e. The maximum Gasteiger partial charge on any atom is 0.250 e. The Balaban J connectivity index is 1.67. The van der Waals surface area contributed by atoms with Gasteiger partial charge in [-0.05, 0) is 43.2 Å². The molecule has 3 aromatic rings. The molecule has 9 heteroatoms. The first kappa shape index (κ1) is 26.8. The third-order valence-corrected chi connectivity index (χ3v) is 6.46. The van der Waals surface area contributed by atoms with Gasteiger partial charge in [-0.3, -0.25) is 19.4 Å². The minimum Gasteiger partial charge on any atom is -0.376 e. The number of aromatic nitrogens is 1. The van der Waals surface area contributed by atoms with Gasteiger partial charge in [0.1, 0.15) is 12.1 Å². The van der Waals surface area contributed by atoms with Crippen LogP contribution in [0.4, 0.5) is 11.4 Å². The highest BCUT2D eigenvalue weighted by atomic mass is 16.2. The molecule has 38 heavy (non-hydrogen) atoms. The van der Waals surface area contributed by atoms with E-state index in [9.17, 15) is 14.4 Å². The molecule has 9 nitrogen and oxygen atoms in total. The second kappa shape index (κ2) is 11.0. The van der Waals surface area contributed by atoms with Gasteiger partial charge in [0.15, 0.2) is 0 Å². The fourth-order valence-corrected chi connectivity index (χ4v) is 4.46. The molecule has 1 aliphatic rings. The average molecular weight is 515 g/mol. The standard InChI is InChI=1S/C29H34N6O3/c1-29(2,30)28(38)33-24(19-11-6-5-7-12-19)26(36)32-22-17-20-13-10-15-23(34(3)4)25(20)35(27(22)37)18-21-14-8-9-16-31-21/h5-16,22,24H,17-18,30H2,1-4H3,(H,32,36)(H,33,38)/t22?,24-/m1/s1. The number of nitrogens with zero attached hydrogens (tertiary/aromatic N) is 3. The van der Waals surface area contributed by atoms with Gasteiger partial charge in [-0.25, -0.2) is 0 Å². The molecule has 2 heterocycles. The van der Waals surface area contributed by atoms with Crippen LogP contribution in [0.2, 0.25) is 0 Å². The molecule has 0 saturated carbocycles. The number of carbonyl (C=O) groups excluding carboxylic acids is 3. The molecule has 0 bridgehead atoms. The number of hydrogen-bond acceptors (Lipinski definition) is 6. The van der Waals surface area contributed by atoms with Gasteiger partial charge in [0.25, 0.3) is 0 Å². The molecule has 2 aromatic carbocycles. The highest BCUT2D eigenvalue weighted by molar-refractivity contribution is 6.05. The zero-order valence-electron chi connectivity index (χ0n) is 22.1. The highest BCUT2D eigenvalue weighted by Crippen LogP contribution is 2.37. The van der Waals surface area contributed by atoms with E-state index in [0.717, 1.165) is 22.6 Å². The third kappa shape index (κ3) is 5.84. The van der Waals surface area contributed by atoms with Crippen LogP contribution < -0.4 is 26.2 Å². The molecule has 4 rings (SSSR count). The summed E-state index contributed by atoms with van der Waals surface area (Å²) in [6.07, 6.45) is 2.01. The summed E-state index contributed by atoms with van der Waals surface area (Å²) in [7, 11) is 3.86.